The molecule has 2 aliphatic rings. The Morgan fingerprint density at radius 2 is 1.84 bits per heavy atom. The number of rotatable bonds is 1. The van der Waals surface area contributed by atoms with Gasteiger partial charge in [0.1, 0.15) is 6.10 Å². The van der Waals surface area contributed by atoms with Gasteiger partial charge in [-0.3, -0.25) is 4.79 Å². The van der Waals surface area contributed by atoms with Gasteiger partial charge in [-0.25, -0.2) is 0 Å². The molecular weight excluding hydrogens is 260 g/mol. The molecule has 0 radical (unpaired) electrons. The summed E-state index contributed by atoms with van der Waals surface area (Å²) in [4.78, 5) is 12.5. The summed E-state index contributed by atoms with van der Waals surface area (Å²) in [5, 5.41) is 0.694. The molecule has 1 saturated heterocycles. The summed E-state index contributed by atoms with van der Waals surface area (Å²) in [5.41, 5.74) is 2.26. The van der Waals surface area contributed by atoms with Crippen molar-refractivity contribution in [2.45, 2.75) is 18.1 Å². The quantitative estimate of drug-likeness (QED) is 0.741. The van der Waals surface area contributed by atoms with Crippen LogP contribution in [0.3, 0.4) is 0 Å². The zero-order chi connectivity index (χ0) is 13.0. The third-order valence-corrected chi connectivity index (χ3v) is 4.22. The van der Waals surface area contributed by atoms with Crippen molar-refractivity contribution in [1.82, 2.24) is 0 Å². The third-order valence-electron chi connectivity index (χ3n) is 3.97. The number of carbonyl (C=O) groups is 1. The van der Waals surface area contributed by atoms with E-state index in [0.717, 1.165) is 16.7 Å². The number of epoxide rings is 1. The van der Waals surface area contributed by atoms with Crippen molar-refractivity contribution in [3.8, 4) is 0 Å². The molecule has 0 saturated carbocycles. The lowest BCUT2D eigenvalue weighted by atomic mass is 9.96. The van der Waals surface area contributed by atoms with Crippen molar-refractivity contribution in [2.24, 2.45) is 0 Å². The zero-order valence-corrected chi connectivity index (χ0v) is 10.9. The van der Waals surface area contributed by atoms with Gasteiger partial charge in [0.2, 0.25) is 0 Å². The molecule has 1 aliphatic heterocycles. The molecule has 1 heterocycles. The molecule has 1 fully saturated rings. The fourth-order valence-corrected chi connectivity index (χ4v) is 3.07. The highest BCUT2D eigenvalue weighted by Gasteiger charge is 2.65. The van der Waals surface area contributed by atoms with Crippen LogP contribution in [-0.2, 0) is 11.2 Å². The van der Waals surface area contributed by atoms with E-state index in [9.17, 15) is 4.79 Å². The lowest BCUT2D eigenvalue weighted by Gasteiger charge is -2.01. The summed E-state index contributed by atoms with van der Waals surface area (Å²) in [6.07, 6.45) is 0.541. The van der Waals surface area contributed by atoms with Crippen LogP contribution in [0.1, 0.15) is 27.6 Å². The molecule has 2 atom stereocenters. The SMILES string of the molecule is O=C1c2ccccc2C[C@@]12O[C@@H]2c1ccc(Cl)cc1. The van der Waals surface area contributed by atoms with Crippen molar-refractivity contribution >= 4 is 17.4 Å². The van der Waals surface area contributed by atoms with Crippen LogP contribution in [-0.4, -0.2) is 11.4 Å². The second-order valence-electron chi connectivity index (χ2n) is 5.10. The normalized spacial score (nSPS) is 27.6. The molecule has 2 nitrogen and oxygen atoms in total. The predicted molar refractivity (Wildman–Crippen MR) is 72.5 cm³/mol. The Bertz CT molecular complexity index is 677. The molecule has 94 valence electrons. The molecule has 0 amide bonds. The number of ketones is 1. The minimum atomic E-state index is -0.655. The maximum atomic E-state index is 12.5. The molecule has 4 rings (SSSR count). The smallest absolute Gasteiger partial charge is 0.198 e. The first kappa shape index (κ1) is 11.2. The molecule has 0 unspecified atom stereocenters. The molecular formula is C16H11ClO2. The number of benzene rings is 2. The van der Waals surface area contributed by atoms with Crippen molar-refractivity contribution in [2.75, 3.05) is 0 Å². The maximum Gasteiger partial charge on any atom is 0.198 e. The van der Waals surface area contributed by atoms with Gasteiger partial charge in [-0.2, -0.15) is 0 Å². The van der Waals surface area contributed by atoms with Crippen molar-refractivity contribution in [1.29, 1.82) is 0 Å². The number of Topliss-reactive ketones (excluding diaryl/α,β-unsaturated/α-hetero) is 1. The molecule has 2 aromatic carbocycles. The van der Waals surface area contributed by atoms with Gasteiger partial charge in [0.25, 0.3) is 0 Å². The van der Waals surface area contributed by atoms with Crippen molar-refractivity contribution in [3.63, 3.8) is 0 Å². The van der Waals surface area contributed by atoms with Gasteiger partial charge >= 0.3 is 0 Å². The summed E-state index contributed by atoms with van der Waals surface area (Å²) < 4.78 is 5.79. The Labute approximate surface area is 116 Å². The number of carbonyl (C=O) groups excluding carboxylic acids is 1. The molecule has 1 spiro atoms. The summed E-state index contributed by atoms with van der Waals surface area (Å²) in [6, 6.07) is 15.3. The van der Waals surface area contributed by atoms with Crippen LogP contribution in [0.5, 0.6) is 0 Å². The first-order chi connectivity index (χ1) is 9.21. The van der Waals surface area contributed by atoms with E-state index in [-0.39, 0.29) is 11.9 Å². The van der Waals surface area contributed by atoms with Gasteiger partial charge in [0.05, 0.1) is 0 Å². The lowest BCUT2D eigenvalue weighted by Crippen LogP contribution is -2.20. The summed E-state index contributed by atoms with van der Waals surface area (Å²) >= 11 is 5.88. The minimum Gasteiger partial charge on any atom is -0.352 e. The molecule has 3 heteroatoms. The lowest BCUT2D eigenvalue weighted by molar-refractivity contribution is 0.0894. The van der Waals surface area contributed by atoms with Crippen molar-refractivity contribution < 1.29 is 9.53 Å². The van der Waals surface area contributed by atoms with Crippen LogP contribution in [0.15, 0.2) is 48.5 Å². The average Bonchev–Trinajstić information content (AvgIpc) is 3.07. The van der Waals surface area contributed by atoms with E-state index >= 15 is 0 Å². The van der Waals surface area contributed by atoms with Crippen LogP contribution in [0.25, 0.3) is 0 Å². The number of fused-ring (bicyclic) bond motifs is 1. The second-order valence-corrected chi connectivity index (χ2v) is 5.54. The van der Waals surface area contributed by atoms with E-state index in [4.69, 9.17) is 16.3 Å². The topological polar surface area (TPSA) is 29.6 Å². The Morgan fingerprint density at radius 3 is 2.58 bits per heavy atom. The molecule has 19 heavy (non-hydrogen) atoms. The van der Waals surface area contributed by atoms with E-state index in [0.29, 0.717) is 11.4 Å². The third kappa shape index (κ3) is 1.50. The fraction of sp³-hybridized carbons (Fsp3) is 0.188. The van der Waals surface area contributed by atoms with Gasteiger partial charge in [0.15, 0.2) is 11.4 Å². The van der Waals surface area contributed by atoms with Crippen molar-refractivity contribution in [3.05, 3.63) is 70.2 Å². The zero-order valence-electron chi connectivity index (χ0n) is 10.1. The maximum absolute atomic E-state index is 12.5. The van der Waals surface area contributed by atoms with Crippen LogP contribution >= 0.6 is 11.6 Å². The van der Waals surface area contributed by atoms with E-state index < -0.39 is 5.60 Å². The number of hydrogen-bond donors (Lipinski definition) is 0. The summed E-state index contributed by atoms with van der Waals surface area (Å²) in [7, 11) is 0. The van der Waals surface area contributed by atoms with E-state index in [1.807, 2.05) is 48.5 Å². The Morgan fingerprint density at radius 1 is 1.11 bits per heavy atom. The van der Waals surface area contributed by atoms with E-state index in [1.165, 1.54) is 0 Å². The largest absolute Gasteiger partial charge is 0.352 e. The number of hydrogen-bond acceptors (Lipinski definition) is 2. The van der Waals surface area contributed by atoms with Gasteiger partial charge < -0.3 is 4.74 Å². The Balaban J connectivity index is 1.70. The van der Waals surface area contributed by atoms with Gasteiger partial charge in [-0.05, 0) is 23.3 Å². The van der Waals surface area contributed by atoms with Crippen LogP contribution in [0.4, 0.5) is 0 Å². The highest BCUT2D eigenvalue weighted by atomic mass is 35.5. The van der Waals surface area contributed by atoms with Gasteiger partial charge in [0, 0.05) is 17.0 Å². The van der Waals surface area contributed by atoms with E-state index in [1.54, 1.807) is 0 Å². The minimum absolute atomic E-state index is 0.114. The average molecular weight is 271 g/mol. The Hall–Kier alpha value is -1.64. The molecule has 0 N–H and O–H groups in total. The van der Waals surface area contributed by atoms with Crippen LogP contribution in [0.2, 0.25) is 5.02 Å². The first-order valence-corrected chi connectivity index (χ1v) is 6.64. The number of halogens is 1. The molecule has 2 aromatic rings. The summed E-state index contributed by atoms with van der Waals surface area (Å²) in [6.45, 7) is 0. The van der Waals surface area contributed by atoms with Gasteiger partial charge in [-0.1, -0.05) is 48.0 Å². The fourth-order valence-electron chi connectivity index (χ4n) is 2.95. The predicted octanol–water partition coefficient (Wildman–Crippen LogP) is 3.59. The Kier molecular flexibility index (Phi) is 2.17. The van der Waals surface area contributed by atoms with Crippen LogP contribution in [0, 0.1) is 0 Å². The molecule has 0 bridgehead atoms. The van der Waals surface area contributed by atoms with E-state index in [2.05, 4.69) is 0 Å². The van der Waals surface area contributed by atoms with Crippen LogP contribution < -0.4 is 0 Å². The highest BCUT2D eigenvalue weighted by Crippen LogP contribution is 2.56. The van der Waals surface area contributed by atoms with Gasteiger partial charge in [-0.15, -0.1) is 0 Å². The highest BCUT2D eigenvalue weighted by molar-refractivity contribution is 6.30. The monoisotopic (exact) mass is 270 g/mol. The first-order valence-electron chi connectivity index (χ1n) is 6.27. The number of ether oxygens (including phenoxy) is 1. The molecule has 1 aliphatic carbocycles. The second kappa shape index (κ2) is 3.69. The molecule has 0 aromatic heterocycles. The summed E-state index contributed by atoms with van der Waals surface area (Å²) in [5.74, 6) is 0.114. The standard InChI is InChI=1S/C16H11ClO2/c17-12-7-5-10(6-8-12)15-16(19-15)9-11-3-1-2-4-13(11)14(16)18/h1-8,15H,9H2/t15-,16-/m1/s1.